The molecule has 6 nitrogen and oxygen atoms in total. The Bertz CT molecular complexity index is 949. The third-order valence-corrected chi connectivity index (χ3v) is 4.26. The number of nitrogens with one attached hydrogen (secondary N) is 1. The zero-order chi connectivity index (χ0) is 19.0. The number of aromatic nitrogens is 2. The summed E-state index contributed by atoms with van der Waals surface area (Å²) in [5.41, 5.74) is -1.87. The van der Waals surface area contributed by atoms with Crippen molar-refractivity contribution in [1.82, 2.24) is 9.97 Å². The average molecular weight is 414 g/mol. The molecule has 0 fully saturated rings. The Hall–Kier alpha value is -1.91. The Morgan fingerprint density at radius 2 is 1.84 bits per heavy atom. The molecule has 0 radical (unpaired) electrons. The van der Waals surface area contributed by atoms with Crippen LogP contribution < -0.4 is 5.32 Å². The van der Waals surface area contributed by atoms with Crippen LogP contribution in [0.4, 0.5) is 18.9 Å². The van der Waals surface area contributed by atoms with Crippen molar-refractivity contribution in [2.24, 2.45) is 0 Å². The highest BCUT2D eigenvalue weighted by molar-refractivity contribution is 7.90. The number of amides is 1. The molecule has 0 unspecified atom stereocenters. The lowest BCUT2D eigenvalue weighted by atomic mass is 10.2. The van der Waals surface area contributed by atoms with Gasteiger partial charge in [0.1, 0.15) is 0 Å². The Kier molecular flexibility index (Phi) is 5.26. The lowest BCUT2D eigenvalue weighted by Crippen LogP contribution is -2.17. The molecule has 134 valence electrons. The van der Waals surface area contributed by atoms with E-state index in [1.54, 1.807) is 0 Å². The molecule has 0 aliphatic heterocycles. The van der Waals surface area contributed by atoms with Crippen LogP contribution in [-0.4, -0.2) is 30.5 Å². The third-order valence-electron chi connectivity index (χ3n) is 2.80. The van der Waals surface area contributed by atoms with Gasteiger partial charge in [-0.25, -0.2) is 18.4 Å². The Morgan fingerprint density at radius 3 is 2.40 bits per heavy atom. The molecule has 0 saturated carbocycles. The van der Waals surface area contributed by atoms with E-state index in [4.69, 9.17) is 23.2 Å². The fourth-order valence-electron chi connectivity index (χ4n) is 1.70. The minimum atomic E-state index is -4.71. The van der Waals surface area contributed by atoms with E-state index in [1.165, 1.54) is 0 Å². The van der Waals surface area contributed by atoms with E-state index in [1.807, 2.05) is 0 Å². The van der Waals surface area contributed by atoms with Crippen LogP contribution in [0.25, 0.3) is 0 Å². The lowest BCUT2D eigenvalue weighted by molar-refractivity contribution is -0.137. The number of nitrogens with zero attached hydrogens (tertiary/aromatic N) is 2. The molecule has 1 amide bonds. The molecule has 1 aromatic carbocycles. The highest BCUT2D eigenvalue weighted by Gasteiger charge is 2.33. The average Bonchev–Trinajstić information content (AvgIpc) is 2.47. The zero-order valence-electron chi connectivity index (χ0n) is 12.2. The third kappa shape index (κ3) is 4.59. The van der Waals surface area contributed by atoms with Crippen molar-refractivity contribution >= 4 is 44.6 Å². The minimum Gasteiger partial charge on any atom is -0.321 e. The predicted molar refractivity (Wildman–Crippen MR) is 84.6 cm³/mol. The first kappa shape index (κ1) is 19.4. The summed E-state index contributed by atoms with van der Waals surface area (Å²) in [7, 11) is -3.81. The fourth-order valence-corrected chi connectivity index (χ4v) is 2.60. The maximum absolute atomic E-state index is 12.8. The van der Waals surface area contributed by atoms with E-state index in [0.717, 1.165) is 24.6 Å². The molecule has 1 aromatic heterocycles. The number of anilines is 1. The van der Waals surface area contributed by atoms with Gasteiger partial charge in [0.15, 0.2) is 5.69 Å². The second-order valence-electron chi connectivity index (χ2n) is 4.77. The summed E-state index contributed by atoms with van der Waals surface area (Å²) in [6.07, 6.45) is -2.98. The molecule has 12 heteroatoms. The van der Waals surface area contributed by atoms with Gasteiger partial charge < -0.3 is 5.32 Å². The quantitative estimate of drug-likeness (QED) is 0.778. The van der Waals surface area contributed by atoms with Gasteiger partial charge in [0.05, 0.1) is 21.8 Å². The highest BCUT2D eigenvalue weighted by atomic mass is 35.5. The van der Waals surface area contributed by atoms with Crippen LogP contribution in [0.3, 0.4) is 0 Å². The van der Waals surface area contributed by atoms with Crippen LogP contribution in [-0.2, 0) is 16.0 Å². The number of rotatable bonds is 3. The van der Waals surface area contributed by atoms with Crippen LogP contribution in [0.15, 0.2) is 29.6 Å². The standard InChI is InChI=1S/C13H8Cl2F3N3O3S/c1-25(23,24)12-19-5-9(15)10(21-12)11(22)20-6-2-3-8(14)7(4-6)13(16,17)18/h2-5H,1H3,(H,20,22). The monoisotopic (exact) mass is 413 g/mol. The first-order valence-electron chi connectivity index (χ1n) is 6.30. The summed E-state index contributed by atoms with van der Waals surface area (Å²) in [5, 5.41) is 0.700. The number of carbonyl (C=O) groups excluding carboxylic acids is 1. The maximum atomic E-state index is 12.8. The first-order valence-corrected chi connectivity index (χ1v) is 8.95. The van der Waals surface area contributed by atoms with Gasteiger partial charge in [0.25, 0.3) is 5.91 Å². The van der Waals surface area contributed by atoms with Gasteiger partial charge in [-0.3, -0.25) is 4.79 Å². The molecule has 1 heterocycles. The van der Waals surface area contributed by atoms with Crippen molar-refractivity contribution in [3.63, 3.8) is 0 Å². The number of hydrogen-bond acceptors (Lipinski definition) is 5. The van der Waals surface area contributed by atoms with E-state index in [-0.39, 0.29) is 10.7 Å². The van der Waals surface area contributed by atoms with E-state index >= 15 is 0 Å². The predicted octanol–water partition coefficient (Wildman–Crippen LogP) is 3.46. The summed E-state index contributed by atoms with van der Waals surface area (Å²) in [6, 6.07) is 2.73. The van der Waals surface area contributed by atoms with E-state index < -0.39 is 43.4 Å². The van der Waals surface area contributed by atoms with Gasteiger partial charge in [-0.1, -0.05) is 23.2 Å². The second-order valence-corrected chi connectivity index (χ2v) is 7.49. The molecule has 0 aliphatic carbocycles. The molecule has 2 rings (SSSR count). The molecule has 0 spiro atoms. The first-order chi connectivity index (χ1) is 11.4. The van der Waals surface area contributed by atoms with Gasteiger partial charge in [-0.15, -0.1) is 0 Å². The van der Waals surface area contributed by atoms with Crippen molar-refractivity contribution in [1.29, 1.82) is 0 Å². The van der Waals surface area contributed by atoms with Crippen molar-refractivity contribution in [3.8, 4) is 0 Å². The van der Waals surface area contributed by atoms with Crippen molar-refractivity contribution in [3.05, 3.63) is 45.7 Å². The molecular weight excluding hydrogens is 406 g/mol. The Balaban J connectivity index is 2.38. The Morgan fingerprint density at radius 1 is 1.20 bits per heavy atom. The molecule has 25 heavy (non-hydrogen) atoms. The molecule has 0 atom stereocenters. The normalized spacial score (nSPS) is 12.1. The van der Waals surface area contributed by atoms with Gasteiger partial charge in [0.2, 0.25) is 15.0 Å². The molecule has 2 aromatic rings. The van der Waals surface area contributed by atoms with Crippen molar-refractivity contribution in [2.45, 2.75) is 11.3 Å². The van der Waals surface area contributed by atoms with Gasteiger partial charge in [-0.2, -0.15) is 13.2 Å². The van der Waals surface area contributed by atoms with Crippen LogP contribution in [0.5, 0.6) is 0 Å². The van der Waals surface area contributed by atoms with Crippen LogP contribution >= 0.6 is 23.2 Å². The zero-order valence-corrected chi connectivity index (χ0v) is 14.6. The summed E-state index contributed by atoms with van der Waals surface area (Å²) >= 11 is 11.2. The topological polar surface area (TPSA) is 89.0 Å². The number of hydrogen-bond donors (Lipinski definition) is 1. The van der Waals surface area contributed by atoms with E-state index in [2.05, 4.69) is 15.3 Å². The smallest absolute Gasteiger partial charge is 0.321 e. The van der Waals surface area contributed by atoms with Crippen LogP contribution in [0, 0.1) is 0 Å². The van der Waals surface area contributed by atoms with Crippen molar-refractivity contribution in [2.75, 3.05) is 11.6 Å². The number of carbonyl (C=O) groups is 1. The maximum Gasteiger partial charge on any atom is 0.417 e. The van der Waals surface area contributed by atoms with Crippen LogP contribution in [0.1, 0.15) is 16.1 Å². The second kappa shape index (κ2) is 6.77. The number of benzene rings is 1. The van der Waals surface area contributed by atoms with Gasteiger partial charge >= 0.3 is 6.18 Å². The summed E-state index contributed by atoms with van der Waals surface area (Å²) in [4.78, 5) is 19.2. The lowest BCUT2D eigenvalue weighted by Gasteiger charge is -2.12. The molecule has 1 N–H and O–H groups in total. The summed E-state index contributed by atoms with van der Waals surface area (Å²) < 4.78 is 61.4. The molecule has 0 aliphatic rings. The van der Waals surface area contributed by atoms with Gasteiger partial charge in [0, 0.05) is 11.9 Å². The minimum absolute atomic E-state index is 0.225. The summed E-state index contributed by atoms with van der Waals surface area (Å²) in [5.74, 6) is -1.01. The number of sulfone groups is 1. The van der Waals surface area contributed by atoms with Crippen LogP contribution in [0.2, 0.25) is 10.0 Å². The molecular formula is C13H8Cl2F3N3O3S. The molecule has 0 bridgehead atoms. The van der Waals surface area contributed by atoms with E-state index in [9.17, 15) is 26.4 Å². The van der Waals surface area contributed by atoms with E-state index in [0.29, 0.717) is 6.07 Å². The number of alkyl halides is 3. The number of halogens is 5. The van der Waals surface area contributed by atoms with Crippen molar-refractivity contribution < 1.29 is 26.4 Å². The van der Waals surface area contributed by atoms with Gasteiger partial charge in [-0.05, 0) is 18.2 Å². The summed E-state index contributed by atoms with van der Waals surface area (Å²) in [6.45, 7) is 0. The Labute approximate surface area is 149 Å². The SMILES string of the molecule is CS(=O)(=O)c1ncc(Cl)c(C(=O)Nc2ccc(Cl)c(C(F)(F)F)c2)n1. The fraction of sp³-hybridized carbons (Fsp3) is 0.154. The molecule has 0 saturated heterocycles. The highest BCUT2D eigenvalue weighted by Crippen LogP contribution is 2.36. The largest absolute Gasteiger partial charge is 0.417 e.